The maximum Gasteiger partial charge on any atom is 0.341 e. The lowest BCUT2D eigenvalue weighted by Gasteiger charge is -2.30. The molecular formula is C16H26N2O4S. The van der Waals surface area contributed by atoms with E-state index in [0.717, 1.165) is 12.8 Å². The van der Waals surface area contributed by atoms with Gasteiger partial charge in [0, 0.05) is 31.5 Å². The third kappa shape index (κ3) is 3.17. The molecule has 0 aliphatic carbocycles. The second-order valence-corrected chi connectivity index (χ2v) is 8.14. The maximum atomic E-state index is 13.2. The average molecular weight is 342 g/mol. The molecule has 0 bridgehead atoms. The number of piperidine rings is 1. The number of hydrogen-bond acceptors (Lipinski definition) is 4. The number of ether oxygens (including phenoxy) is 1. The monoisotopic (exact) mass is 342 g/mol. The van der Waals surface area contributed by atoms with Crippen molar-refractivity contribution in [2.45, 2.75) is 45.4 Å². The molecule has 0 N–H and O–H groups in total. The second-order valence-electron chi connectivity index (χ2n) is 6.26. The van der Waals surface area contributed by atoms with Gasteiger partial charge in [0.1, 0.15) is 10.5 Å². The quantitative estimate of drug-likeness (QED) is 0.787. The van der Waals surface area contributed by atoms with Crippen molar-refractivity contribution < 1.29 is 17.9 Å². The number of rotatable bonds is 4. The van der Waals surface area contributed by atoms with Gasteiger partial charge in [-0.3, -0.25) is 0 Å². The van der Waals surface area contributed by atoms with Crippen molar-refractivity contribution in [3.05, 3.63) is 17.0 Å². The number of nitrogens with zero attached hydrogens (tertiary/aromatic N) is 2. The van der Waals surface area contributed by atoms with Crippen LogP contribution in [0.3, 0.4) is 0 Å². The van der Waals surface area contributed by atoms with Crippen molar-refractivity contribution in [3.8, 4) is 0 Å². The van der Waals surface area contributed by atoms with Gasteiger partial charge in [0.15, 0.2) is 0 Å². The highest BCUT2D eigenvalue weighted by Gasteiger charge is 2.36. The van der Waals surface area contributed by atoms with Gasteiger partial charge in [-0.05, 0) is 39.5 Å². The van der Waals surface area contributed by atoms with Crippen molar-refractivity contribution in [2.24, 2.45) is 13.0 Å². The molecule has 7 heteroatoms. The first-order chi connectivity index (χ1) is 10.7. The average Bonchev–Trinajstić information content (AvgIpc) is 2.72. The van der Waals surface area contributed by atoms with Crippen molar-refractivity contribution in [1.29, 1.82) is 0 Å². The normalized spacial score (nSPS) is 19.8. The molecule has 0 unspecified atom stereocenters. The lowest BCUT2D eigenvalue weighted by molar-refractivity contribution is 0.0521. The van der Waals surface area contributed by atoms with Gasteiger partial charge in [-0.15, -0.1) is 0 Å². The molecule has 2 rings (SSSR count). The van der Waals surface area contributed by atoms with Crippen LogP contribution in [0.5, 0.6) is 0 Å². The predicted molar refractivity (Wildman–Crippen MR) is 88.0 cm³/mol. The molecule has 1 aromatic rings. The molecule has 2 heterocycles. The number of aromatic nitrogens is 1. The Kier molecular flexibility index (Phi) is 5.20. The fraction of sp³-hybridized carbons (Fsp3) is 0.688. The maximum absolute atomic E-state index is 13.2. The molecule has 1 atom stereocenters. The summed E-state index contributed by atoms with van der Waals surface area (Å²) < 4.78 is 34.6. The molecule has 6 nitrogen and oxygen atoms in total. The molecule has 0 aromatic carbocycles. The minimum Gasteiger partial charge on any atom is -0.462 e. The Morgan fingerprint density at radius 2 is 1.96 bits per heavy atom. The van der Waals surface area contributed by atoms with E-state index < -0.39 is 16.0 Å². The summed E-state index contributed by atoms with van der Waals surface area (Å²) in [6.45, 7) is 8.46. The molecule has 0 amide bonds. The molecule has 1 fully saturated rings. The number of carbonyl (C=O) groups is 1. The van der Waals surface area contributed by atoms with E-state index in [9.17, 15) is 13.2 Å². The molecule has 1 aromatic heterocycles. The van der Waals surface area contributed by atoms with Crippen molar-refractivity contribution in [3.63, 3.8) is 0 Å². The Bertz CT molecular complexity index is 706. The molecule has 0 saturated carbocycles. The Morgan fingerprint density at radius 3 is 2.52 bits per heavy atom. The van der Waals surface area contributed by atoms with Crippen LogP contribution in [0.15, 0.2) is 4.90 Å². The van der Waals surface area contributed by atoms with E-state index in [-0.39, 0.29) is 17.1 Å². The highest BCUT2D eigenvalue weighted by atomic mass is 32.2. The van der Waals surface area contributed by atoms with E-state index in [4.69, 9.17) is 4.74 Å². The first-order valence-corrected chi connectivity index (χ1v) is 9.48. The summed E-state index contributed by atoms with van der Waals surface area (Å²) in [5, 5.41) is 0. The fourth-order valence-electron chi connectivity index (χ4n) is 3.17. The Labute approximate surface area is 138 Å². The van der Waals surface area contributed by atoms with Crippen LogP contribution in [0, 0.1) is 19.8 Å². The van der Waals surface area contributed by atoms with Crippen molar-refractivity contribution in [2.75, 3.05) is 19.7 Å². The Hall–Kier alpha value is -1.34. The summed E-state index contributed by atoms with van der Waals surface area (Å²) in [5.74, 6) is -0.244. The van der Waals surface area contributed by atoms with Crippen LogP contribution in [-0.2, 0) is 21.8 Å². The number of carbonyl (C=O) groups excluding carboxylic acids is 1. The zero-order valence-electron chi connectivity index (χ0n) is 14.5. The summed E-state index contributed by atoms with van der Waals surface area (Å²) in [7, 11) is -1.94. The number of esters is 1. The molecule has 0 spiro atoms. The van der Waals surface area contributed by atoms with Gasteiger partial charge >= 0.3 is 5.97 Å². The lowest BCUT2D eigenvalue weighted by atomic mass is 10.0. The van der Waals surface area contributed by atoms with Gasteiger partial charge in [-0.25, -0.2) is 13.2 Å². The Balaban J connectivity index is 2.57. The molecule has 0 radical (unpaired) electrons. The molecule has 1 saturated heterocycles. The van der Waals surface area contributed by atoms with Gasteiger partial charge in [-0.1, -0.05) is 6.92 Å². The van der Waals surface area contributed by atoms with Gasteiger partial charge in [0.05, 0.1) is 6.61 Å². The molecular weight excluding hydrogens is 316 g/mol. The van der Waals surface area contributed by atoms with E-state index in [1.165, 1.54) is 4.31 Å². The van der Waals surface area contributed by atoms with E-state index in [1.807, 2.05) is 0 Å². The van der Waals surface area contributed by atoms with Crippen LogP contribution >= 0.6 is 0 Å². The van der Waals surface area contributed by atoms with E-state index >= 15 is 0 Å². The molecule has 130 valence electrons. The van der Waals surface area contributed by atoms with Crippen LogP contribution < -0.4 is 0 Å². The van der Waals surface area contributed by atoms with Crippen LogP contribution in [0.1, 0.15) is 48.4 Å². The predicted octanol–water partition coefficient (Wildman–Crippen LogP) is 2.24. The number of sulfonamides is 1. The second kappa shape index (κ2) is 6.65. The topological polar surface area (TPSA) is 68.6 Å². The summed E-state index contributed by atoms with van der Waals surface area (Å²) >= 11 is 0. The minimum atomic E-state index is -3.71. The van der Waals surface area contributed by atoms with E-state index in [2.05, 4.69) is 6.92 Å². The smallest absolute Gasteiger partial charge is 0.341 e. The largest absolute Gasteiger partial charge is 0.462 e. The van der Waals surface area contributed by atoms with Crippen molar-refractivity contribution >= 4 is 16.0 Å². The van der Waals surface area contributed by atoms with Crippen LogP contribution in [-0.4, -0.2) is 43.0 Å². The van der Waals surface area contributed by atoms with E-state index in [1.54, 1.807) is 32.4 Å². The third-order valence-corrected chi connectivity index (χ3v) is 6.65. The highest BCUT2D eigenvalue weighted by Crippen LogP contribution is 2.31. The minimum absolute atomic E-state index is 0.102. The van der Waals surface area contributed by atoms with Gasteiger partial charge in [-0.2, -0.15) is 4.31 Å². The lowest BCUT2D eigenvalue weighted by Crippen LogP contribution is -2.39. The molecule has 23 heavy (non-hydrogen) atoms. The summed E-state index contributed by atoms with van der Waals surface area (Å²) in [6, 6.07) is 0. The zero-order chi connectivity index (χ0) is 17.4. The van der Waals surface area contributed by atoms with Crippen molar-refractivity contribution in [1.82, 2.24) is 8.87 Å². The SMILES string of the molecule is CCOC(=O)c1c(S(=O)(=O)N2CCC[C@H](C)C2)c(C)n(C)c1C. The van der Waals surface area contributed by atoms with E-state index in [0.29, 0.717) is 30.4 Å². The standard InChI is InChI=1S/C16H26N2O4S/c1-6-22-16(19)14-12(3)17(5)13(4)15(14)23(20,21)18-9-7-8-11(2)10-18/h11H,6-10H2,1-5H3/t11-/m0/s1. The van der Waals surface area contributed by atoms with Crippen LogP contribution in [0.4, 0.5) is 0 Å². The number of hydrogen-bond donors (Lipinski definition) is 0. The summed E-state index contributed by atoms with van der Waals surface area (Å²) in [5.41, 5.74) is 1.36. The van der Waals surface area contributed by atoms with Gasteiger partial charge in [0.2, 0.25) is 10.0 Å². The third-order valence-electron chi connectivity index (χ3n) is 4.62. The Morgan fingerprint density at radius 1 is 1.30 bits per heavy atom. The fourth-order valence-corrected chi connectivity index (χ4v) is 5.25. The molecule has 1 aliphatic heterocycles. The summed E-state index contributed by atoms with van der Waals surface area (Å²) in [6.07, 6.45) is 1.88. The summed E-state index contributed by atoms with van der Waals surface area (Å²) in [4.78, 5) is 12.4. The van der Waals surface area contributed by atoms with Crippen LogP contribution in [0.2, 0.25) is 0 Å². The zero-order valence-corrected chi connectivity index (χ0v) is 15.4. The van der Waals surface area contributed by atoms with Gasteiger partial charge in [0.25, 0.3) is 0 Å². The molecule has 1 aliphatic rings. The van der Waals surface area contributed by atoms with Gasteiger partial charge < -0.3 is 9.30 Å². The highest BCUT2D eigenvalue weighted by molar-refractivity contribution is 7.89. The first kappa shape index (κ1) is 18.0. The first-order valence-electron chi connectivity index (χ1n) is 8.04. The van der Waals surface area contributed by atoms with Crippen LogP contribution in [0.25, 0.3) is 0 Å².